The van der Waals surface area contributed by atoms with Crippen LogP contribution in [-0.2, 0) is 11.3 Å². The molecule has 1 aromatic carbocycles. The van der Waals surface area contributed by atoms with E-state index in [1.165, 1.54) is 12.1 Å². The standard InChI is InChI=1S/C14H21FN2O/c1-3-4-9-17(2)11-14(18)16-10-12-5-7-13(15)8-6-12/h5-8H,3-4,9-11H2,1-2H3,(H,16,18). The molecule has 0 aliphatic rings. The third kappa shape index (κ3) is 5.77. The lowest BCUT2D eigenvalue weighted by atomic mass is 10.2. The molecule has 0 saturated carbocycles. The van der Waals surface area contributed by atoms with Crippen LogP contribution < -0.4 is 5.32 Å². The highest BCUT2D eigenvalue weighted by Gasteiger charge is 2.05. The maximum absolute atomic E-state index is 12.7. The molecule has 0 aliphatic heterocycles. The van der Waals surface area contributed by atoms with Crippen molar-refractivity contribution in [2.24, 2.45) is 0 Å². The Morgan fingerprint density at radius 2 is 2.00 bits per heavy atom. The molecule has 0 fully saturated rings. The third-order valence-corrected chi connectivity index (χ3v) is 2.71. The number of carbonyl (C=O) groups is 1. The van der Waals surface area contributed by atoms with Gasteiger partial charge >= 0.3 is 0 Å². The number of halogens is 1. The molecule has 0 heterocycles. The predicted octanol–water partition coefficient (Wildman–Crippen LogP) is 2.17. The fourth-order valence-electron chi connectivity index (χ4n) is 1.61. The summed E-state index contributed by atoms with van der Waals surface area (Å²) >= 11 is 0. The summed E-state index contributed by atoms with van der Waals surface area (Å²) in [6.45, 7) is 3.91. The largest absolute Gasteiger partial charge is 0.351 e. The summed E-state index contributed by atoms with van der Waals surface area (Å²) in [5.74, 6) is -0.262. The van der Waals surface area contributed by atoms with Gasteiger partial charge in [0.15, 0.2) is 0 Å². The van der Waals surface area contributed by atoms with E-state index >= 15 is 0 Å². The molecule has 1 rings (SSSR count). The molecule has 0 atom stereocenters. The second-order valence-electron chi connectivity index (χ2n) is 4.49. The average Bonchev–Trinajstić information content (AvgIpc) is 2.35. The highest BCUT2D eigenvalue weighted by molar-refractivity contribution is 5.77. The summed E-state index contributed by atoms with van der Waals surface area (Å²) < 4.78 is 12.7. The number of nitrogens with one attached hydrogen (secondary N) is 1. The number of rotatable bonds is 7. The molecule has 18 heavy (non-hydrogen) atoms. The van der Waals surface area contributed by atoms with E-state index in [1.54, 1.807) is 12.1 Å². The number of hydrogen-bond donors (Lipinski definition) is 1. The lowest BCUT2D eigenvalue weighted by Gasteiger charge is -2.15. The van der Waals surface area contributed by atoms with Crippen LogP contribution in [-0.4, -0.2) is 30.9 Å². The molecular weight excluding hydrogens is 231 g/mol. The average molecular weight is 252 g/mol. The smallest absolute Gasteiger partial charge is 0.234 e. The SMILES string of the molecule is CCCCN(C)CC(=O)NCc1ccc(F)cc1. The second kappa shape index (κ2) is 7.82. The van der Waals surface area contributed by atoms with Gasteiger partial charge in [-0.1, -0.05) is 25.5 Å². The van der Waals surface area contributed by atoms with Gasteiger partial charge in [0.2, 0.25) is 5.91 Å². The highest BCUT2D eigenvalue weighted by atomic mass is 19.1. The zero-order chi connectivity index (χ0) is 13.4. The third-order valence-electron chi connectivity index (χ3n) is 2.71. The number of hydrogen-bond acceptors (Lipinski definition) is 2. The summed E-state index contributed by atoms with van der Waals surface area (Å²) in [4.78, 5) is 13.6. The maximum Gasteiger partial charge on any atom is 0.234 e. The molecule has 0 unspecified atom stereocenters. The van der Waals surface area contributed by atoms with E-state index < -0.39 is 0 Å². The van der Waals surface area contributed by atoms with Crippen molar-refractivity contribution >= 4 is 5.91 Å². The Kier molecular flexibility index (Phi) is 6.36. The monoisotopic (exact) mass is 252 g/mol. The number of unbranched alkanes of at least 4 members (excludes halogenated alkanes) is 1. The highest BCUT2D eigenvalue weighted by Crippen LogP contribution is 2.02. The van der Waals surface area contributed by atoms with Crippen molar-refractivity contribution in [1.82, 2.24) is 10.2 Å². The van der Waals surface area contributed by atoms with Crippen molar-refractivity contribution in [3.63, 3.8) is 0 Å². The quantitative estimate of drug-likeness (QED) is 0.806. The van der Waals surface area contributed by atoms with Crippen molar-refractivity contribution < 1.29 is 9.18 Å². The Morgan fingerprint density at radius 1 is 1.33 bits per heavy atom. The first-order valence-electron chi connectivity index (χ1n) is 6.31. The minimum absolute atomic E-state index is 0.00192. The summed E-state index contributed by atoms with van der Waals surface area (Å²) in [5, 5.41) is 2.82. The molecule has 1 amide bonds. The van der Waals surface area contributed by atoms with Crippen molar-refractivity contribution in [1.29, 1.82) is 0 Å². The van der Waals surface area contributed by atoms with Crippen LogP contribution in [0.25, 0.3) is 0 Å². The van der Waals surface area contributed by atoms with Gasteiger partial charge in [0, 0.05) is 6.54 Å². The van der Waals surface area contributed by atoms with E-state index in [4.69, 9.17) is 0 Å². The van der Waals surface area contributed by atoms with Gasteiger partial charge in [-0.05, 0) is 37.7 Å². The van der Waals surface area contributed by atoms with Gasteiger partial charge in [0.1, 0.15) is 5.82 Å². The van der Waals surface area contributed by atoms with E-state index in [2.05, 4.69) is 12.2 Å². The van der Waals surface area contributed by atoms with Gasteiger partial charge in [0.05, 0.1) is 6.54 Å². The van der Waals surface area contributed by atoms with Crippen molar-refractivity contribution in [3.05, 3.63) is 35.6 Å². The van der Waals surface area contributed by atoms with Crippen LogP contribution in [0, 0.1) is 5.82 Å². The number of benzene rings is 1. The minimum atomic E-state index is -0.260. The Hall–Kier alpha value is -1.42. The topological polar surface area (TPSA) is 32.3 Å². The van der Waals surface area contributed by atoms with Gasteiger partial charge in [-0.25, -0.2) is 4.39 Å². The Balaban J connectivity index is 2.26. The molecule has 1 aromatic rings. The zero-order valence-electron chi connectivity index (χ0n) is 11.1. The molecule has 0 aromatic heterocycles. The van der Waals surface area contributed by atoms with Crippen LogP contribution in [0.5, 0.6) is 0 Å². The fourth-order valence-corrected chi connectivity index (χ4v) is 1.61. The minimum Gasteiger partial charge on any atom is -0.351 e. The van der Waals surface area contributed by atoms with E-state index in [-0.39, 0.29) is 11.7 Å². The first-order valence-corrected chi connectivity index (χ1v) is 6.31. The summed E-state index contributed by atoms with van der Waals surface area (Å²) in [5.41, 5.74) is 0.904. The van der Waals surface area contributed by atoms with E-state index in [0.29, 0.717) is 13.1 Å². The van der Waals surface area contributed by atoms with Gasteiger partial charge in [-0.15, -0.1) is 0 Å². The molecule has 4 heteroatoms. The van der Waals surface area contributed by atoms with Crippen molar-refractivity contribution in [3.8, 4) is 0 Å². The Bertz CT molecular complexity index is 365. The first kappa shape index (κ1) is 14.6. The maximum atomic E-state index is 12.7. The molecule has 0 aliphatic carbocycles. The number of carbonyl (C=O) groups excluding carboxylic acids is 1. The molecule has 0 radical (unpaired) electrons. The molecule has 0 saturated heterocycles. The molecular formula is C14H21FN2O. The lowest BCUT2D eigenvalue weighted by molar-refractivity contribution is -0.122. The number of nitrogens with zero attached hydrogens (tertiary/aromatic N) is 1. The van der Waals surface area contributed by atoms with Crippen LogP contribution in [0.4, 0.5) is 4.39 Å². The molecule has 0 spiro atoms. The van der Waals surface area contributed by atoms with Gasteiger partial charge < -0.3 is 5.32 Å². The lowest BCUT2D eigenvalue weighted by Crippen LogP contribution is -2.35. The molecule has 3 nitrogen and oxygen atoms in total. The summed E-state index contributed by atoms with van der Waals surface area (Å²) in [6, 6.07) is 6.15. The predicted molar refractivity (Wildman–Crippen MR) is 70.7 cm³/mol. The van der Waals surface area contributed by atoms with Crippen LogP contribution in [0.2, 0.25) is 0 Å². The van der Waals surface area contributed by atoms with Gasteiger partial charge in [-0.2, -0.15) is 0 Å². The molecule has 0 bridgehead atoms. The fraction of sp³-hybridized carbons (Fsp3) is 0.500. The zero-order valence-corrected chi connectivity index (χ0v) is 11.1. The summed E-state index contributed by atoms with van der Waals surface area (Å²) in [7, 11) is 1.94. The molecule has 1 N–H and O–H groups in total. The van der Waals surface area contributed by atoms with Gasteiger partial charge in [0.25, 0.3) is 0 Å². The van der Waals surface area contributed by atoms with Gasteiger partial charge in [-0.3, -0.25) is 9.69 Å². The molecule has 100 valence electrons. The number of likely N-dealkylation sites (N-methyl/N-ethyl adjacent to an activating group) is 1. The van der Waals surface area contributed by atoms with Crippen LogP contribution in [0.15, 0.2) is 24.3 Å². The van der Waals surface area contributed by atoms with Crippen LogP contribution in [0.3, 0.4) is 0 Å². The van der Waals surface area contributed by atoms with Crippen molar-refractivity contribution in [2.75, 3.05) is 20.1 Å². The van der Waals surface area contributed by atoms with E-state index in [9.17, 15) is 9.18 Å². The van der Waals surface area contributed by atoms with Crippen LogP contribution >= 0.6 is 0 Å². The van der Waals surface area contributed by atoms with E-state index in [1.807, 2.05) is 11.9 Å². The number of amides is 1. The Morgan fingerprint density at radius 3 is 2.61 bits per heavy atom. The normalized spacial score (nSPS) is 10.7. The van der Waals surface area contributed by atoms with E-state index in [0.717, 1.165) is 24.9 Å². The van der Waals surface area contributed by atoms with Crippen LogP contribution in [0.1, 0.15) is 25.3 Å². The Labute approximate surface area is 108 Å². The van der Waals surface area contributed by atoms with Crippen molar-refractivity contribution in [2.45, 2.75) is 26.3 Å². The first-order chi connectivity index (χ1) is 8.61. The summed E-state index contributed by atoms with van der Waals surface area (Å²) in [6.07, 6.45) is 2.23. The second-order valence-corrected chi connectivity index (χ2v) is 4.49.